The van der Waals surface area contributed by atoms with Crippen molar-refractivity contribution in [3.63, 3.8) is 0 Å². The van der Waals surface area contributed by atoms with Crippen LogP contribution in [0.5, 0.6) is 0 Å². The fourth-order valence-corrected chi connectivity index (χ4v) is 0.429. The van der Waals surface area contributed by atoms with Crippen molar-refractivity contribution in [3.8, 4) is 6.07 Å². The number of carboxylic acid groups (broad SMARTS) is 2. The van der Waals surface area contributed by atoms with Gasteiger partial charge in [0.15, 0.2) is 0 Å². The fraction of sp³-hybridized carbons (Fsp3) is 0. The number of carbonyl (C=O) groups is 2. The Balaban J connectivity index is -0.000000177. The molecule has 0 amide bonds. The van der Waals surface area contributed by atoms with Crippen molar-refractivity contribution in [3.05, 3.63) is 30.1 Å². The molecule has 1 heterocycles. The van der Waals surface area contributed by atoms with Crippen LogP contribution in [0.15, 0.2) is 24.4 Å². The van der Waals surface area contributed by atoms with Crippen LogP contribution in [0.2, 0.25) is 0 Å². The van der Waals surface area contributed by atoms with E-state index in [1.54, 1.807) is 24.4 Å². The number of nitrogens with zero attached hydrogens (tertiary/aromatic N) is 2. The SMILES string of the molecule is N#Cc1ccccn1.O=C[O-].O=C[O-].[Cu+2]. The van der Waals surface area contributed by atoms with Gasteiger partial charge in [-0.15, -0.1) is 0 Å². The molecule has 0 bridgehead atoms. The minimum Gasteiger partial charge on any atom is -0.554 e. The van der Waals surface area contributed by atoms with E-state index >= 15 is 0 Å². The molecule has 0 N–H and O–H groups in total. The molecule has 83 valence electrons. The summed E-state index contributed by atoms with van der Waals surface area (Å²) in [5.74, 6) is 0. The van der Waals surface area contributed by atoms with Gasteiger partial charge in [-0.05, 0) is 12.1 Å². The largest absolute Gasteiger partial charge is 2.00 e. The fourth-order valence-electron chi connectivity index (χ4n) is 0.429. The third kappa shape index (κ3) is 18.8. The minimum atomic E-state index is -0.500. The second kappa shape index (κ2) is 18.0. The first-order valence-electron chi connectivity index (χ1n) is 3.19. The molecule has 0 aromatic carbocycles. The van der Waals surface area contributed by atoms with Crippen molar-refractivity contribution >= 4 is 12.9 Å². The molecule has 1 aromatic heterocycles. The molecule has 0 saturated carbocycles. The summed E-state index contributed by atoms with van der Waals surface area (Å²) in [5.41, 5.74) is 0.465. The van der Waals surface area contributed by atoms with E-state index in [0.29, 0.717) is 5.69 Å². The molecule has 6 nitrogen and oxygen atoms in total. The molecule has 0 fully saturated rings. The van der Waals surface area contributed by atoms with Crippen LogP contribution in [0.4, 0.5) is 0 Å². The van der Waals surface area contributed by atoms with Gasteiger partial charge in [0.2, 0.25) is 0 Å². The Bertz CT molecular complexity index is 280. The van der Waals surface area contributed by atoms with Gasteiger partial charge in [0.25, 0.3) is 0 Å². The maximum Gasteiger partial charge on any atom is 2.00 e. The van der Waals surface area contributed by atoms with Gasteiger partial charge in [-0.3, -0.25) is 0 Å². The Hall–Kier alpha value is -1.90. The number of aromatic nitrogens is 1. The molecule has 0 aliphatic carbocycles. The summed E-state index contributed by atoms with van der Waals surface area (Å²) in [6.07, 6.45) is 1.60. The van der Waals surface area contributed by atoms with Crippen molar-refractivity contribution in [2.45, 2.75) is 0 Å². The third-order valence-electron chi connectivity index (χ3n) is 0.779. The van der Waals surface area contributed by atoms with Crippen LogP contribution in [-0.4, -0.2) is 17.9 Å². The average molecular weight is 258 g/mol. The van der Waals surface area contributed by atoms with Gasteiger partial charge < -0.3 is 19.8 Å². The topological polar surface area (TPSA) is 117 Å². The number of rotatable bonds is 0. The maximum atomic E-state index is 8.25. The Labute approximate surface area is 96.7 Å². The van der Waals surface area contributed by atoms with Crippen molar-refractivity contribution in [2.24, 2.45) is 0 Å². The van der Waals surface area contributed by atoms with Crippen LogP contribution in [0.25, 0.3) is 0 Å². The molecule has 1 aromatic rings. The average Bonchev–Trinajstić information content (AvgIpc) is 2.21. The first-order valence-corrected chi connectivity index (χ1v) is 3.19. The zero-order chi connectivity index (χ0) is 11.2. The monoisotopic (exact) mass is 257 g/mol. The normalized spacial score (nSPS) is 5.80. The Morgan fingerprint density at radius 3 is 1.93 bits per heavy atom. The Kier molecular flexibility index (Phi) is 22.6. The molecule has 0 unspecified atom stereocenters. The van der Waals surface area contributed by atoms with Crippen molar-refractivity contribution in [1.82, 2.24) is 4.98 Å². The molecule has 1 radical (unpaired) electrons. The summed E-state index contributed by atoms with van der Waals surface area (Å²) in [5, 5.41) is 24.7. The number of pyridine rings is 1. The van der Waals surface area contributed by atoms with E-state index < -0.39 is 12.9 Å². The van der Waals surface area contributed by atoms with E-state index in [2.05, 4.69) is 4.98 Å². The van der Waals surface area contributed by atoms with Crippen LogP contribution in [0, 0.1) is 11.3 Å². The molecule has 0 atom stereocenters. The molecule has 1 rings (SSSR count). The van der Waals surface area contributed by atoms with E-state index in [4.69, 9.17) is 25.1 Å². The van der Waals surface area contributed by atoms with Gasteiger partial charge in [0.1, 0.15) is 11.8 Å². The summed E-state index contributed by atoms with van der Waals surface area (Å²) >= 11 is 0. The third-order valence-corrected chi connectivity index (χ3v) is 0.779. The minimum absolute atomic E-state index is 0. The van der Waals surface area contributed by atoms with Crippen molar-refractivity contribution < 1.29 is 36.9 Å². The van der Waals surface area contributed by atoms with Gasteiger partial charge >= 0.3 is 17.1 Å². The molecular weight excluding hydrogens is 252 g/mol. The smallest absolute Gasteiger partial charge is 0.554 e. The predicted molar refractivity (Wildman–Crippen MR) is 41.1 cm³/mol. The standard InChI is InChI=1S/C6H4N2.2CH2O2.Cu/c7-5-6-3-1-2-4-8-6;2*2-1-3;/h1-4H;2*1H,(H,2,3);/q;;;+2/p-2. The van der Waals surface area contributed by atoms with E-state index in [1.807, 2.05) is 6.07 Å². The number of hydrogen-bond acceptors (Lipinski definition) is 6. The van der Waals surface area contributed by atoms with Crippen LogP contribution in [0.3, 0.4) is 0 Å². The zero-order valence-corrected chi connectivity index (χ0v) is 8.23. The summed E-state index contributed by atoms with van der Waals surface area (Å²) < 4.78 is 0. The molecular formula is C8H6CuN2O4. The van der Waals surface area contributed by atoms with Gasteiger partial charge in [0, 0.05) is 19.1 Å². The molecule has 15 heavy (non-hydrogen) atoms. The number of carbonyl (C=O) groups excluding carboxylic acids is 2. The van der Waals surface area contributed by atoms with Gasteiger partial charge in [-0.1, -0.05) is 6.07 Å². The van der Waals surface area contributed by atoms with Crippen LogP contribution >= 0.6 is 0 Å². The molecule has 0 aliphatic heterocycles. The number of hydrogen-bond donors (Lipinski definition) is 0. The first-order chi connectivity index (χ1) is 6.76. The summed E-state index contributed by atoms with van der Waals surface area (Å²) in [6, 6.07) is 7.14. The second-order valence-corrected chi connectivity index (χ2v) is 1.52. The van der Waals surface area contributed by atoms with Crippen LogP contribution in [0.1, 0.15) is 5.69 Å². The zero-order valence-electron chi connectivity index (χ0n) is 7.29. The predicted octanol–water partition coefficient (Wildman–Crippen LogP) is -2.32. The maximum absolute atomic E-state index is 8.25. The van der Waals surface area contributed by atoms with Gasteiger partial charge in [0.05, 0.1) is 0 Å². The Morgan fingerprint density at radius 1 is 1.27 bits per heavy atom. The van der Waals surface area contributed by atoms with Gasteiger partial charge in [-0.2, -0.15) is 5.26 Å². The molecule has 0 aliphatic rings. The second-order valence-electron chi connectivity index (χ2n) is 1.52. The summed E-state index contributed by atoms with van der Waals surface area (Å²) in [6.45, 7) is -1.00. The molecule has 7 heteroatoms. The quantitative estimate of drug-likeness (QED) is 0.380. The molecule has 0 saturated heterocycles. The van der Waals surface area contributed by atoms with Crippen molar-refractivity contribution in [2.75, 3.05) is 0 Å². The Morgan fingerprint density at radius 2 is 1.73 bits per heavy atom. The summed E-state index contributed by atoms with van der Waals surface area (Å²) in [7, 11) is 0. The van der Waals surface area contributed by atoms with E-state index in [9.17, 15) is 0 Å². The van der Waals surface area contributed by atoms with E-state index in [1.165, 1.54) is 0 Å². The number of nitriles is 1. The van der Waals surface area contributed by atoms with E-state index in [-0.39, 0.29) is 17.1 Å². The van der Waals surface area contributed by atoms with Crippen LogP contribution < -0.4 is 10.2 Å². The van der Waals surface area contributed by atoms with Gasteiger partial charge in [-0.25, -0.2) is 4.98 Å². The molecule has 0 spiro atoms. The summed E-state index contributed by atoms with van der Waals surface area (Å²) in [4.78, 5) is 20.2. The first kappa shape index (κ1) is 18.8. The van der Waals surface area contributed by atoms with Crippen molar-refractivity contribution in [1.29, 1.82) is 5.26 Å². The van der Waals surface area contributed by atoms with E-state index in [0.717, 1.165) is 0 Å². The van der Waals surface area contributed by atoms with Crippen LogP contribution in [-0.2, 0) is 26.7 Å².